The van der Waals surface area contributed by atoms with Gasteiger partial charge < -0.3 is 10.1 Å². The minimum absolute atomic E-state index is 0.0627. The van der Waals surface area contributed by atoms with Gasteiger partial charge in [-0.15, -0.1) is 11.3 Å². The molecular weight excluding hydrogens is 368 g/mol. The Morgan fingerprint density at radius 1 is 0.964 bits per heavy atom. The van der Waals surface area contributed by atoms with E-state index < -0.39 is 0 Å². The van der Waals surface area contributed by atoms with Crippen LogP contribution in [-0.4, -0.2) is 14.8 Å². The Morgan fingerprint density at radius 3 is 2.68 bits per heavy atom. The number of para-hydroxylation sites is 1. The van der Waals surface area contributed by atoms with E-state index >= 15 is 0 Å². The fourth-order valence-electron chi connectivity index (χ4n) is 4.04. The predicted molar refractivity (Wildman–Crippen MR) is 109 cm³/mol. The van der Waals surface area contributed by atoms with Crippen LogP contribution in [0.5, 0.6) is 5.75 Å². The van der Waals surface area contributed by atoms with E-state index in [0.717, 1.165) is 34.1 Å². The Kier molecular flexibility index (Phi) is 3.39. The van der Waals surface area contributed by atoms with Crippen LogP contribution in [0, 0.1) is 0 Å². The van der Waals surface area contributed by atoms with Gasteiger partial charge in [-0.25, -0.2) is 4.68 Å². The minimum Gasteiger partial charge on any atom is -0.480 e. The lowest BCUT2D eigenvalue weighted by atomic mass is 9.87. The van der Waals surface area contributed by atoms with E-state index in [2.05, 4.69) is 63.2 Å². The summed E-state index contributed by atoms with van der Waals surface area (Å²) >= 11 is 1.72. The van der Waals surface area contributed by atoms with E-state index in [1.54, 1.807) is 17.7 Å². The monoisotopic (exact) mass is 384 g/mol. The summed E-state index contributed by atoms with van der Waals surface area (Å²) in [7, 11) is 0. The van der Waals surface area contributed by atoms with Crippen LogP contribution in [-0.2, 0) is 0 Å². The number of benzene rings is 2. The van der Waals surface area contributed by atoms with Gasteiger partial charge in [0.25, 0.3) is 0 Å². The van der Waals surface area contributed by atoms with E-state index in [0.29, 0.717) is 0 Å². The van der Waals surface area contributed by atoms with Crippen molar-refractivity contribution >= 4 is 23.0 Å². The fourth-order valence-corrected chi connectivity index (χ4v) is 4.87. The summed E-state index contributed by atoms with van der Waals surface area (Å²) in [5.74, 6) is 1.63. The van der Waals surface area contributed by atoms with Gasteiger partial charge in [-0.3, -0.25) is 0 Å². The topological polar surface area (TPSA) is 52.0 Å². The molecular formula is C22H16N4OS. The summed E-state index contributed by atoms with van der Waals surface area (Å²) in [5, 5.41) is 10.2. The number of nitrogens with zero attached hydrogens (tertiary/aromatic N) is 3. The minimum atomic E-state index is -0.206. The lowest BCUT2D eigenvalue weighted by Crippen LogP contribution is -2.32. The zero-order valence-corrected chi connectivity index (χ0v) is 15.6. The van der Waals surface area contributed by atoms with E-state index in [1.165, 1.54) is 4.88 Å². The summed E-state index contributed by atoms with van der Waals surface area (Å²) in [5.41, 5.74) is 4.40. The first-order valence-electron chi connectivity index (χ1n) is 9.15. The summed E-state index contributed by atoms with van der Waals surface area (Å²) in [6.45, 7) is 0. The molecule has 0 spiro atoms. The molecule has 6 heteroatoms. The molecule has 0 saturated carbocycles. The van der Waals surface area contributed by atoms with Crippen molar-refractivity contribution in [2.24, 2.45) is 0 Å². The molecule has 5 nitrogen and oxygen atoms in total. The molecule has 2 aliphatic heterocycles. The van der Waals surface area contributed by atoms with Crippen LogP contribution in [0.1, 0.15) is 28.1 Å². The van der Waals surface area contributed by atoms with Gasteiger partial charge in [-0.1, -0.05) is 48.5 Å². The molecule has 4 aromatic rings. The molecule has 28 heavy (non-hydrogen) atoms. The highest BCUT2D eigenvalue weighted by Crippen LogP contribution is 2.50. The van der Waals surface area contributed by atoms with E-state index in [9.17, 15) is 0 Å². The largest absolute Gasteiger partial charge is 0.480 e. The molecule has 2 aromatic heterocycles. The zero-order chi connectivity index (χ0) is 18.5. The summed E-state index contributed by atoms with van der Waals surface area (Å²) in [6, 6.07) is 22.7. The molecule has 4 heterocycles. The van der Waals surface area contributed by atoms with Crippen molar-refractivity contribution in [3.63, 3.8) is 0 Å². The maximum atomic E-state index is 6.55. The molecule has 0 aliphatic carbocycles. The number of aromatic nitrogens is 3. The third-order valence-corrected chi connectivity index (χ3v) is 6.16. The van der Waals surface area contributed by atoms with Crippen LogP contribution in [0.25, 0.3) is 5.70 Å². The highest BCUT2D eigenvalue weighted by Gasteiger charge is 2.41. The zero-order valence-electron chi connectivity index (χ0n) is 14.8. The third-order valence-electron chi connectivity index (χ3n) is 5.24. The Morgan fingerprint density at radius 2 is 1.82 bits per heavy atom. The van der Waals surface area contributed by atoms with Gasteiger partial charge in [-0.2, -0.15) is 10.1 Å². The highest BCUT2D eigenvalue weighted by atomic mass is 32.1. The fraction of sp³-hybridized carbons (Fsp3) is 0.0909. The molecule has 1 N–H and O–H groups in total. The van der Waals surface area contributed by atoms with Crippen LogP contribution in [0.2, 0.25) is 0 Å². The first-order valence-corrected chi connectivity index (χ1v) is 10.0. The average molecular weight is 384 g/mol. The second-order valence-electron chi connectivity index (χ2n) is 6.81. The molecule has 0 saturated heterocycles. The number of hydrogen-bond donors (Lipinski definition) is 1. The van der Waals surface area contributed by atoms with Gasteiger partial charge >= 0.3 is 0 Å². The van der Waals surface area contributed by atoms with Crippen molar-refractivity contribution < 1.29 is 4.74 Å². The second kappa shape index (κ2) is 6.07. The third kappa shape index (κ3) is 2.25. The summed E-state index contributed by atoms with van der Waals surface area (Å²) < 4.78 is 8.51. The number of thiophene rings is 1. The molecule has 0 fully saturated rings. The molecule has 0 unspecified atom stereocenters. The first-order chi connectivity index (χ1) is 13.9. The van der Waals surface area contributed by atoms with Gasteiger partial charge in [-0.05, 0) is 29.1 Å². The summed E-state index contributed by atoms with van der Waals surface area (Å²) in [4.78, 5) is 5.66. The number of hydrogen-bond acceptors (Lipinski definition) is 5. The van der Waals surface area contributed by atoms with E-state index in [1.807, 2.05) is 28.9 Å². The van der Waals surface area contributed by atoms with Gasteiger partial charge in [0.1, 0.15) is 24.2 Å². The van der Waals surface area contributed by atoms with E-state index in [-0.39, 0.29) is 12.1 Å². The lowest BCUT2D eigenvalue weighted by Gasteiger charge is -2.38. The quantitative estimate of drug-likeness (QED) is 0.534. The second-order valence-corrected chi connectivity index (χ2v) is 7.79. The average Bonchev–Trinajstić information content (AvgIpc) is 3.44. The summed E-state index contributed by atoms with van der Waals surface area (Å²) in [6.07, 6.45) is 1.40. The number of nitrogens with one attached hydrogen (secondary N) is 1. The van der Waals surface area contributed by atoms with Crippen molar-refractivity contribution in [3.05, 3.63) is 100 Å². The molecule has 2 aromatic carbocycles. The van der Waals surface area contributed by atoms with Gasteiger partial charge in [0, 0.05) is 16.0 Å². The maximum absolute atomic E-state index is 6.55. The molecule has 136 valence electrons. The smallest absolute Gasteiger partial charge is 0.226 e. The van der Waals surface area contributed by atoms with Crippen LogP contribution < -0.4 is 10.1 Å². The van der Waals surface area contributed by atoms with Crippen LogP contribution in [0.3, 0.4) is 0 Å². The Bertz CT molecular complexity index is 1180. The molecule has 2 aliphatic rings. The molecule has 6 rings (SSSR count). The van der Waals surface area contributed by atoms with Gasteiger partial charge in [0.15, 0.2) is 0 Å². The van der Waals surface area contributed by atoms with Crippen molar-refractivity contribution in [1.82, 2.24) is 14.8 Å². The van der Waals surface area contributed by atoms with Crippen LogP contribution in [0.15, 0.2) is 84.0 Å². The van der Waals surface area contributed by atoms with Crippen LogP contribution >= 0.6 is 11.3 Å². The number of rotatable bonds is 2. The standard InChI is InChI=1S/C22H16N4OS/c1-2-7-14(8-3-1)21-18-19(15-9-4-5-10-16(15)27-21)25-22-23-13-24-26(22)20(18)17-11-6-12-28-17/h1-13,20-21H,(H,23,24,25)/t20-,21-/m0/s1. The molecule has 0 radical (unpaired) electrons. The van der Waals surface area contributed by atoms with Gasteiger partial charge in [0.05, 0.1) is 5.70 Å². The molecule has 0 amide bonds. The van der Waals surface area contributed by atoms with Gasteiger partial charge in [0.2, 0.25) is 5.95 Å². The van der Waals surface area contributed by atoms with Crippen molar-refractivity contribution in [2.75, 3.05) is 5.32 Å². The normalized spacial score (nSPS) is 19.9. The number of ether oxygens (including phenoxy) is 1. The molecule has 2 atom stereocenters. The molecule has 0 bridgehead atoms. The lowest BCUT2D eigenvalue weighted by molar-refractivity contribution is 0.223. The number of anilines is 1. The SMILES string of the molecule is c1ccc([C@@H]2Oc3ccccc3C3=C2[C@H](c2cccs2)n2ncnc2N3)cc1. The van der Waals surface area contributed by atoms with Crippen LogP contribution in [0.4, 0.5) is 5.95 Å². The predicted octanol–water partition coefficient (Wildman–Crippen LogP) is 4.90. The highest BCUT2D eigenvalue weighted by molar-refractivity contribution is 7.10. The Labute approximate surface area is 165 Å². The van der Waals surface area contributed by atoms with E-state index in [4.69, 9.17) is 4.74 Å². The Balaban J connectivity index is 1.65. The maximum Gasteiger partial charge on any atom is 0.226 e. The van der Waals surface area contributed by atoms with Crippen molar-refractivity contribution in [2.45, 2.75) is 12.1 Å². The van der Waals surface area contributed by atoms with Crippen molar-refractivity contribution in [3.8, 4) is 5.75 Å². The Hall–Kier alpha value is -3.38. The van der Waals surface area contributed by atoms with Crippen molar-refractivity contribution in [1.29, 1.82) is 0 Å². The number of fused-ring (bicyclic) bond motifs is 3. The first kappa shape index (κ1) is 15.7.